The van der Waals surface area contributed by atoms with Gasteiger partial charge in [-0.1, -0.05) is 26.1 Å². The molecule has 0 fully saturated rings. The van der Waals surface area contributed by atoms with Gasteiger partial charge in [0, 0.05) is 12.7 Å². The predicted molar refractivity (Wildman–Crippen MR) is 52.8 cm³/mol. The number of H-pyrrole nitrogens is 2. The molecule has 2 N–H and O–H groups in total. The number of ether oxygens (including phenoxy) is 1. The lowest BCUT2D eigenvalue weighted by Gasteiger charge is -1.93. The van der Waals surface area contributed by atoms with E-state index in [9.17, 15) is 0 Å². The van der Waals surface area contributed by atoms with Crippen molar-refractivity contribution in [1.29, 1.82) is 0 Å². The van der Waals surface area contributed by atoms with Crippen LogP contribution in [0.5, 0.6) is 0 Å². The van der Waals surface area contributed by atoms with E-state index in [4.69, 9.17) is 17.0 Å². The zero-order valence-electron chi connectivity index (χ0n) is 8.02. The van der Waals surface area contributed by atoms with Crippen LogP contribution in [0.15, 0.2) is 0 Å². The van der Waals surface area contributed by atoms with E-state index >= 15 is 0 Å². The normalized spacial score (nSPS) is 9.00. The van der Waals surface area contributed by atoms with E-state index in [1.54, 1.807) is 7.11 Å². The maximum Gasteiger partial charge on any atom is 0.122 e. The SMILES string of the molecule is CC.COCc1[nH][nH]c(=S)c1C. The summed E-state index contributed by atoms with van der Waals surface area (Å²) in [6.07, 6.45) is 0. The summed E-state index contributed by atoms with van der Waals surface area (Å²) in [4.78, 5) is 0. The van der Waals surface area contributed by atoms with Crippen LogP contribution in [-0.2, 0) is 11.3 Å². The van der Waals surface area contributed by atoms with Gasteiger partial charge < -0.3 is 9.84 Å². The molecular weight excluding hydrogens is 172 g/mol. The monoisotopic (exact) mass is 188 g/mol. The van der Waals surface area contributed by atoms with Crippen LogP contribution in [0.4, 0.5) is 0 Å². The molecule has 70 valence electrons. The zero-order valence-corrected chi connectivity index (χ0v) is 8.84. The summed E-state index contributed by atoms with van der Waals surface area (Å²) in [6, 6.07) is 0. The van der Waals surface area contributed by atoms with Gasteiger partial charge >= 0.3 is 0 Å². The first-order valence-electron chi connectivity index (χ1n) is 4.00. The number of rotatable bonds is 2. The summed E-state index contributed by atoms with van der Waals surface area (Å²) >= 11 is 4.95. The summed E-state index contributed by atoms with van der Waals surface area (Å²) in [5, 5.41) is 5.75. The van der Waals surface area contributed by atoms with E-state index in [-0.39, 0.29) is 0 Å². The Bertz CT molecular complexity index is 264. The van der Waals surface area contributed by atoms with E-state index in [1.165, 1.54) is 0 Å². The number of hydrogen-bond donors (Lipinski definition) is 2. The highest BCUT2D eigenvalue weighted by Gasteiger charge is 1.99. The molecule has 0 saturated carbocycles. The molecule has 0 unspecified atom stereocenters. The van der Waals surface area contributed by atoms with Gasteiger partial charge in [0.1, 0.15) is 4.64 Å². The smallest absolute Gasteiger partial charge is 0.122 e. The average Bonchev–Trinajstić information content (AvgIpc) is 2.41. The Labute approximate surface area is 78.1 Å². The van der Waals surface area contributed by atoms with E-state index in [0.29, 0.717) is 6.61 Å². The van der Waals surface area contributed by atoms with Gasteiger partial charge in [0.2, 0.25) is 0 Å². The fourth-order valence-corrected chi connectivity index (χ4v) is 0.920. The Morgan fingerprint density at radius 3 is 2.25 bits per heavy atom. The molecule has 3 nitrogen and oxygen atoms in total. The number of hydrogen-bond acceptors (Lipinski definition) is 2. The van der Waals surface area contributed by atoms with Gasteiger partial charge in [0.05, 0.1) is 12.3 Å². The van der Waals surface area contributed by atoms with Crippen molar-refractivity contribution in [3.63, 3.8) is 0 Å². The van der Waals surface area contributed by atoms with Crippen LogP contribution in [0.2, 0.25) is 0 Å². The van der Waals surface area contributed by atoms with Crippen LogP contribution in [0.3, 0.4) is 0 Å². The molecule has 1 aromatic heterocycles. The van der Waals surface area contributed by atoms with Crippen molar-refractivity contribution in [1.82, 2.24) is 10.2 Å². The van der Waals surface area contributed by atoms with Crippen molar-refractivity contribution in [2.75, 3.05) is 7.11 Å². The second-order valence-electron chi connectivity index (χ2n) is 2.12. The third kappa shape index (κ3) is 2.79. The highest BCUT2D eigenvalue weighted by atomic mass is 32.1. The quantitative estimate of drug-likeness (QED) is 0.700. The fourth-order valence-electron chi connectivity index (χ4n) is 0.745. The van der Waals surface area contributed by atoms with Gasteiger partial charge in [-0.2, -0.15) is 0 Å². The minimum absolute atomic E-state index is 0.582. The van der Waals surface area contributed by atoms with Crippen LogP contribution in [0.1, 0.15) is 25.1 Å². The van der Waals surface area contributed by atoms with Gasteiger partial charge in [0.25, 0.3) is 0 Å². The molecule has 0 bridgehead atoms. The minimum Gasteiger partial charge on any atom is -0.378 e. The first-order valence-corrected chi connectivity index (χ1v) is 4.41. The molecule has 0 aromatic carbocycles. The van der Waals surface area contributed by atoms with Crippen LogP contribution >= 0.6 is 12.2 Å². The van der Waals surface area contributed by atoms with Gasteiger partial charge in [-0.05, 0) is 6.92 Å². The Hall–Kier alpha value is -0.610. The number of aromatic amines is 2. The lowest BCUT2D eigenvalue weighted by Crippen LogP contribution is -1.89. The third-order valence-electron chi connectivity index (χ3n) is 1.41. The molecular formula is C8H16N2OS. The topological polar surface area (TPSA) is 40.8 Å². The minimum atomic E-state index is 0.582. The molecule has 12 heavy (non-hydrogen) atoms. The van der Waals surface area contributed by atoms with Gasteiger partial charge in [-0.3, -0.25) is 5.10 Å². The Morgan fingerprint density at radius 2 is 1.92 bits per heavy atom. The highest BCUT2D eigenvalue weighted by Crippen LogP contribution is 2.05. The fraction of sp³-hybridized carbons (Fsp3) is 0.625. The largest absolute Gasteiger partial charge is 0.378 e. The van der Waals surface area contributed by atoms with E-state index in [1.807, 2.05) is 20.8 Å². The summed E-state index contributed by atoms with van der Waals surface area (Å²) in [5.41, 5.74) is 2.09. The van der Waals surface area contributed by atoms with Crippen LogP contribution < -0.4 is 0 Å². The van der Waals surface area contributed by atoms with Gasteiger partial charge in [0.15, 0.2) is 0 Å². The molecule has 4 heteroatoms. The van der Waals surface area contributed by atoms with Crippen LogP contribution in [-0.4, -0.2) is 17.3 Å². The summed E-state index contributed by atoms with van der Waals surface area (Å²) in [6.45, 7) is 6.54. The Kier molecular flexibility index (Phi) is 5.66. The number of aromatic nitrogens is 2. The molecule has 0 radical (unpaired) electrons. The standard InChI is InChI=1S/C6H10N2OS.C2H6/c1-4-5(3-9-2)7-8-6(4)10;1-2/h3H2,1-2H3,(H2,7,8,10);1-2H3. The van der Waals surface area contributed by atoms with Crippen molar-refractivity contribution in [2.45, 2.75) is 27.4 Å². The molecule has 0 aliphatic carbocycles. The summed E-state index contributed by atoms with van der Waals surface area (Å²) < 4.78 is 5.68. The third-order valence-corrected chi connectivity index (χ3v) is 1.82. The average molecular weight is 188 g/mol. The van der Waals surface area contributed by atoms with E-state index in [0.717, 1.165) is 15.9 Å². The molecule has 1 rings (SSSR count). The van der Waals surface area contributed by atoms with Crippen LogP contribution in [0, 0.1) is 11.6 Å². The van der Waals surface area contributed by atoms with Crippen molar-refractivity contribution in [2.24, 2.45) is 0 Å². The Morgan fingerprint density at radius 1 is 1.33 bits per heavy atom. The first-order chi connectivity index (χ1) is 5.75. The molecule has 0 atom stereocenters. The molecule has 0 aliphatic rings. The van der Waals surface area contributed by atoms with Crippen LogP contribution in [0.25, 0.3) is 0 Å². The molecule has 1 aromatic rings. The van der Waals surface area contributed by atoms with Crippen molar-refractivity contribution in [3.8, 4) is 0 Å². The van der Waals surface area contributed by atoms with Gasteiger partial charge in [-0.15, -0.1) is 0 Å². The van der Waals surface area contributed by atoms with Crippen molar-refractivity contribution in [3.05, 3.63) is 15.9 Å². The zero-order chi connectivity index (χ0) is 9.56. The van der Waals surface area contributed by atoms with E-state index in [2.05, 4.69) is 10.2 Å². The lowest BCUT2D eigenvalue weighted by molar-refractivity contribution is 0.181. The van der Waals surface area contributed by atoms with Crippen molar-refractivity contribution >= 4 is 12.2 Å². The van der Waals surface area contributed by atoms with E-state index < -0.39 is 0 Å². The maximum atomic E-state index is 4.95. The highest BCUT2D eigenvalue weighted by molar-refractivity contribution is 7.71. The predicted octanol–water partition coefficient (Wildman–Crippen LogP) is 2.55. The molecule has 0 amide bonds. The number of methoxy groups -OCH3 is 1. The maximum absolute atomic E-state index is 4.95. The molecule has 0 saturated heterocycles. The molecule has 1 heterocycles. The number of nitrogens with one attached hydrogen (secondary N) is 2. The molecule has 0 spiro atoms. The lowest BCUT2D eigenvalue weighted by atomic mass is 10.3. The summed E-state index contributed by atoms with van der Waals surface area (Å²) in [7, 11) is 1.66. The summed E-state index contributed by atoms with van der Waals surface area (Å²) in [5.74, 6) is 0. The second kappa shape index (κ2) is 5.97. The molecule has 0 aliphatic heterocycles. The second-order valence-corrected chi connectivity index (χ2v) is 2.52. The first kappa shape index (κ1) is 11.4. The van der Waals surface area contributed by atoms with Gasteiger partial charge in [-0.25, -0.2) is 0 Å². The van der Waals surface area contributed by atoms with Crippen molar-refractivity contribution < 1.29 is 4.74 Å². The Balaban J connectivity index is 0.000000561.